The van der Waals surface area contributed by atoms with Crippen LogP contribution >= 0.6 is 0 Å². The first-order valence-electron chi connectivity index (χ1n) is 14.5. The van der Waals surface area contributed by atoms with Crippen LogP contribution in [0.1, 0.15) is 129 Å². The van der Waals surface area contributed by atoms with Crippen LogP contribution in [0.25, 0.3) is 0 Å². The molecule has 2 aromatic carbocycles. The predicted octanol–water partition coefficient (Wildman–Crippen LogP) is 9.79. The van der Waals surface area contributed by atoms with E-state index in [2.05, 4.69) is 59.8 Å². The Kier molecular flexibility index (Phi) is 11.1. The summed E-state index contributed by atoms with van der Waals surface area (Å²) in [5, 5.41) is 0. The molecule has 0 aliphatic heterocycles. The van der Waals surface area contributed by atoms with Crippen LogP contribution in [-0.2, 0) is 12.8 Å². The molecule has 2 aromatic rings. The van der Waals surface area contributed by atoms with Crippen LogP contribution in [0, 0.1) is 5.92 Å². The molecule has 1 aliphatic rings. The number of aryl methyl sites for hydroxylation is 2. The Morgan fingerprint density at radius 1 is 0.658 bits per heavy atom. The molecule has 0 unspecified atom stereocenters. The molecule has 0 fully saturated rings. The van der Waals surface area contributed by atoms with Crippen molar-refractivity contribution in [2.45, 2.75) is 99.3 Å². The summed E-state index contributed by atoms with van der Waals surface area (Å²) in [7, 11) is 0. The van der Waals surface area contributed by atoms with Crippen LogP contribution in [0.2, 0.25) is 0 Å². The molecule has 1 aliphatic carbocycles. The van der Waals surface area contributed by atoms with Crippen molar-refractivity contribution in [3.05, 3.63) is 105 Å². The largest absolute Gasteiger partial charge is 0.289 e. The van der Waals surface area contributed by atoms with Gasteiger partial charge in [0.25, 0.3) is 0 Å². The van der Waals surface area contributed by atoms with E-state index < -0.39 is 0 Å². The quantitative estimate of drug-likeness (QED) is 0.214. The summed E-state index contributed by atoms with van der Waals surface area (Å²) >= 11 is 0. The number of ketones is 2. The zero-order valence-corrected chi connectivity index (χ0v) is 24.5. The molecule has 0 spiro atoms. The average molecular weight is 511 g/mol. The highest BCUT2D eigenvalue weighted by atomic mass is 16.1. The van der Waals surface area contributed by atoms with Crippen molar-refractivity contribution >= 4 is 11.6 Å². The van der Waals surface area contributed by atoms with Crippen molar-refractivity contribution in [2.24, 2.45) is 5.92 Å². The molecule has 0 radical (unpaired) electrons. The Hall–Kier alpha value is -3.00. The zero-order valence-electron chi connectivity index (χ0n) is 24.5. The summed E-state index contributed by atoms with van der Waals surface area (Å²) in [6, 6.07) is 11.6. The van der Waals surface area contributed by atoms with Crippen molar-refractivity contribution in [3.8, 4) is 0 Å². The van der Waals surface area contributed by atoms with Gasteiger partial charge in [-0.05, 0) is 108 Å². The number of hydrogen-bond acceptors (Lipinski definition) is 2. The Morgan fingerprint density at radius 3 is 1.63 bits per heavy atom. The average Bonchev–Trinajstić information content (AvgIpc) is 2.86. The SMILES string of the molecule is CC(C)=CCCC(C)=CCCc1ccc2c(c1)C(=O)c1ccc(CCC=C(C)CCCC(C)C)cc1C2=O. The van der Waals surface area contributed by atoms with Crippen molar-refractivity contribution < 1.29 is 9.59 Å². The lowest BCUT2D eigenvalue weighted by atomic mass is 9.82. The highest BCUT2D eigenvalue weighted by molar-refractivity contribution is 6.28. The third kappa shape index (κ3) is 8.51. The maximum Gasteiger partial charge on any atom is 0.194 e. The van der Waals surface area contributed by atoms with E-state index in [0.29, 0.717) is 22.3 Å². The molecule has 2 nitrogen and oxygen atoms in total. The van der Waals surface area contributed by atoms with Crippen LogP contribution in [-0.4, -0.2) is 11.6 Å². The first kappa shape index (κ1) is 29.6. The van der Waals surface area contributed by atoms with Gasteiger partial charge in [-0.3, -0.25) is 9.59 Å². The van der Waals surface area contributed by atoms with Crippen LogP contribution < -0.4 is 0 Å². The number of benzene rings is 2. The van der Waals surface area contributed by atoms with Gasteiger partial charge in [-0.1, -0.05) is 79.5 Å². The topological polar surface area (TPSA) is 34.1 Å². The number of carbonyl (C=O) groups is 2. The molecule has 0 amide bonds. The van der Waals surface area contributed by atoms with E-state index in [4.69, 9.17) is 0 Å². The van der Waals surface area contributed by atoms with E-state index in [1.165, 1.54) is 29.6 Å². The first-order valence-corrected chi connectivity index (χ1v) is 14.5. The third-order valence-corrected chi connectivity index (χ3v) is 7.44. The molecular weight excluding hydrogens is 464 g/mol. The molecule has 0 heterocycles. The summed E-state index contributed by atoms with van der Waals surface area (Å²) in [6.07, 6.45) is 16.3. The van der Waals surface area contributed by atoms with Crippen LogP contribution in [0.15, 0.2) is 71.3 Å². The van der Waals surface area contributed by atoms with E-state index >= 15 is 0 Å². The predicted molar refractivity (Wildman–Crippen MR) is 161 cm³/mol. The van der Waals surface area contributed by atoms with E-state index in [1.807, 2.05) is 36.4 Å². The molecule has 202 valence electrons. The van der Waals surface area contributed by atoms with Gasteiger partial charge in [-0.2, -0.15) is 0 Å². The Labute approximate surface area is 230 Å². The summed E-state index contributed by atoms with van der Waals surface area (Å²) in [5.41, 5.74) is 8.60. The zero-order chi connectivity index (χ0) is 27.7. The molecule has 0 saturated carbocycles. The van der Waals surface area contributed by atoms with Gasteiger partial charge in [-0.15, -0.1) is 0 Å². The lowest BCUT2D eigenvalue weighted by Crippen LogP contribution is -2.21. The van der Waals surface area contributed by atoms with Gasteiger partial charge in [0.1, 0.15) is 0 Å². The fourth-order valence-electron chi connectivity index (χ4n) is 5.11. The molecule has 38 heavy (non-hydrogen) atoms. The van der Waals surface area contributed by atoms with Gasteiger partial charge in [-0.25, -0.2) is 0 Å². The van der Waals surface area contributed by atoms with Crippen molar-refractivity contribution in [2.75, 3.05) is 0 Å². The van der Waals surface area contributed by atoms with Gasteiger partial charge in [0.15, 0.2) is 11.6 Å². The van der Waals surface area contributed by atoms with Crippen LogP contribution in [0.5, 0.6) is 0 Å². The van der Waals surface area contributed by atoms with Crippen molar-refractivity contribution in [1.82, 2.24) is 0 Å². The molecule has 0 saturated heterocycles. The minimum atomic E-state index is -0.0302. The van der Waals surface area contributed by atoms with Gasteiger partial charge in [0.2, 0.25) is 0 Å². The summed E-state index contributed by atoms with van der Waals surface area (Å²) in [6.45, 7) is 13.2. The number of hydrogen-bond donors (Lipinski definition) is 0. The summed E-state index contributed by atoms with van der Waals surface area (Å²) in [5.74, 6) is 0.695. The van der Waals surface area contributed by atoms with Gasteiger partial charge < -0.3 is 0 Å². The maximum atomic E-state index is 13.3. The number of allylic oxidation sites excluding steroid dienone is 6. The highest BCUT2D eigenvalue weighted by Crippen LogP contribution is 2.29. The smallest absolute Gasteiger partial charge is 0.194 e. The van der Waals surface area contributed by atoms with Gasteiger partial charge >= 0.3 is 0 Å². The standard InChI is InChI=1S/C36H46O2/c1-25(2)11-7-13-27(5)15-9-17-29-19-21-31-33(23-29)35(37)32-22-20-30(24-34(32)36(31)38)18-10-16-28(6)14-8-12-26(3)4/h11,15-16,19-24,26H,7-10,12-14,17-18H2,1-6H3. The minimum Gasteiger partial charge on any atom is -0.289 e. The number of fused-ring (bicyclic) bond motifs is 2. The monoisotopic (exact) mass is 510 g/mol. The summed E-state index contributed by atoms with van der Waals surface area (Å²) < 4.78 is 0. The van der Waals surface area contributed by atoms with Crippen LogP contribution in [0.3, 0.4) is 0 Å². The second-order valence-corrected chi connectivity index (χ2v) is 11.7. The molecule has 2 heteroatoms. The molecule has 0 atom stereocenters. The van der Waals surface area contributed by atoms with Crippen LogP contribution in [0.4, 0.5) is 0 Å². The first-order chi connectivity index (χ1) is 18.2. The van der Waals surface area contributed by atoms with E-state index in [9.17, 15) is 9.59 Å². The second kappa shape index (κ2) is 14.2. The summed E-state index contributed by atoms with van der Waals surface area (Å²) in [4.78, 5) is 26.7. The lowest BCUT2D eigenvalue weighted by Gasteiger charge is -2.19. The fraction of sp³-hybridized carbons (Fsp3) is 0.444. The minimum absolute atomic E-state index is 0.0292. The van der Waals surface area contributed by atoms with Crippen molar-refractivity contribution in [1.29, 1.82) is 0 Å². The Bertz CT molecular complexity index is 1230. The molecule has 3 rings (SSSR count). The van der Waals surface area contributed by atoms with Gasteiger partial charge in [0.05, 0.1) is 0 Å². The van der Waals surface area contributed by atoms with E-state index in [0.717, 1.165) is 62.0 Å². The van der Waals surface area contributed by atoms with E-state index in [-0.39, 0.29) is 11.6 Å². The fourth-order valence-corrected chi connectivity index (χ4v) is 5.11. The molecule has 0 aromatic heterocycles. The maximum absolute atomic E-state index is 13.3. The van der Waals surface area contributed by atoms with E-state index in [1.54, 1.807) is 0 Å². The molecule has 0 N–H and O–H groups in total. The number of carbonyl (C=O) groups excluding carboxylic acids is 2. The molecule has 0 bridgehead atoms. The third-order valence-electron chi connectivity index (χ3n) is 7.44. The lowest BCUT2D eigenvalue weighted by molar-refractivity contribution is 0.0979. The van der Waals surface area contributed by atoms with Crippen molar-refractivity contribution in [3.63, 3.8) is 0 Å². The highest BCUT2D eigenvalue weighted by Gasteiger charge is 2.29. The Balaban J connectivity index is 1.63. The van der Waals surface area contributed by atoms with Gasteiger partial charge in [0, 0.05) is 22.3 Å². The second-order valence-electron chi connectivity index (χ2n) is 11.7. The Morgan fingerprint density at radius 2 is 1.16 bits per heavy atom. The molecular formula is C36H46O2. The number of rotatable bonds is 13. The normalized spacial score (nSPS) is 13.6.